The second-order valence-corrected chi connectivity index (χ2v) is 5.08. The minimum atomic E-state index is 0.638. The molecular formula is C13H28N2O. The van der Waals surface area contributed by atoms with Crippen molar-refractivity contribution in [2.75, 3.05) is 39.9 Å². The molecule has 1 fully saturated rings. The molecule has 96 valence electrons. The molecule has 1 atom stereocenters. The van der Waals surface area contributed by atoms with Gasteiger partial charge in [-0.2, -0.15) is 0 Å². The minimum absolute atomic E-state index is 0.638. The van der Waals surface area contributed by atoms with Crippen molar-refractivity contribution in [3.63, 3.8) is 0 Å². The summed E-state index contributed by atoms with van der Waals surface area (Å²) in [6, 6.07) is 0.638. The van der Waals surface area contributed by atoms with Crippen LogP contribution in [0.3, 0.4) is 0 Å². The number of nitrogens with one attached hydrogen (secondary N) is 1. The first-order valence-corrected chi connectivity index (χ1v) is 6.72. The summed E-state index contributed by atoms with van der Waals surface area (Å²) in [5, 5.41) is 3.50. The largest absolute Gasteiger partial charge is 0.380 e. The summed E-state index contributed by atoms with van der Waals surface area (Å²) in [7, 11) is 2.17. The Bertz CT molecular complexity index is 171. The Hall–Kier alpha value is -0.120. The van der Waals surface area contributed by atoms with Crippen LogP contribution in [-0.2, 0) is 4.74 Å². The molecule has 1 aliphatic carbocycles. The quantitative estimate of drug-likeness (QED) is 0.576. The smallest absolute Gasteiger partial charge is 0.0593 e. The molecule has 0 radical (unpaired) electrons. The average molecular weight is 228 g/mol. The molecule has 0 saturated heterocycles. The average Bonchev–Trinajstić information content (AvgIpc) is 3.08. The van der Waals surface area contributed by atoms with Gasteiger partial charge in [0.25, 0.3) is 0 Å². The molecule has 0 aromatic carbocycles. The molecule has 1 rings (SSSR count). The van der Waals surface area contributed by atoms with Gasteiger partial charge >= 0.3 is 0 Å². The van der Waals surface area contributed by atoms with Gasteiger partial charge in [0.1, 0.15) is 0 Å². The van der Waals surface area contributed by atoms with Crippen LogP contribution in [0, 0.1) is 5.92 Å². The van der Waals surface area contributed by atoms with E-state index >= 15 is 0 Å². The SMILES string of the molecule is CCC(C)NCCN(C)CCOCC1CC1. The summed E-state index contributed by atoms with van der Waals surface area (Å²) < 4.78 is 5.61. The molecule has 0 bridgehead atoms. The Morgan fingerprint density at radius 3 is 2.75 bits per heavy atom. The van der Waals surface area contributed by atoms with Gasteiger partial charge in [-0.3, -0.25) is 0 Å². The van der Waals surface area contributed by atoms with Gasteiger partial charge in [-0.15, -0.1) is 0 Å². The summed E-state index contributed by atoms with van der Waals surface area (Å²) in [5.74, 6) is 0.886. The lowest BCUT2D eigenvalue weighted by atomic mass is 10.2. The summed E-state index contributed by atoms with van der Waals surface area (Å²) in [4.78, 5) is 2.34. The Morgan fingerprint density at radius 1 is 1.38 bits per heavy atom. The Kier molecular flexibility index (Phi) is 7.01. The number of likely N-dealkylation sites (N-methyl/N-ethyl adjacent to an activating group) is 1. The highest BCUT2D eigenvalue weighted by molar-refractivity contribution is 4.72. The zero-order valence-electron chi connectivity index (χ0n) is 11.2. The highest BCUT2D eigenvalue weighted by Crippen LogP contribution is 2.28. The van der Waals surface area contributed by atoms with Crippen LogP contribution in [0.1, 0.15) is 33.1 Å². The highest BCUT2D eigenvalue weighted by atomic mass is 16.5. The molecule has 3 heteroatoms. The summed E-state index contributed by atoms with van der Waals surface area (Å²) in [6.07, 6.45) is 3.97. The Balaban J connectivity index is 1.83. The van der Waals surface area contributed by atoms with Crippen molar-refractivity contribution in [2.24, 2.45) is 5.92 Å². The standard InChI is InChI=1S/C13H28N2O/c1-4-12(2)14-7-8-15(3)9-10-16-11-13-5-6-13/h12-14H,4-11H2,1-3H3. The monoisotopic (exact) mass is 228 g/mol. The number of hydrogen-bond donors (Lipinski definition) is 1. The molecular weight excluding hydrogens is 200 g/mol. The Morgan fingerprint density at radius 2 is 2.12 bits per heavy atom. The van der Waals surface area contributed by atoms with E-state index in [1.165, 1.54) is 19.3 Å². The van der Waals surface area contributed by atoms with E-state index in [9.17, 15) is 0 Å². The first-order chi connectivity index (χ1) is 7.72. The van der Waals surface area contributed by atoms with Crippen LogP contribution >= 0.6 is 0 Å². The number of nitrogens with zero attached hydrogens (tertiary/aromatic N) is 1. The number of rotatable bonds is 10. The third kappa shape index (κ3) is 7.20. The number of hydrogen-bond acceptors (Lipinski definition) is 3. The van der Waals surface area contributed by atoms with Gasteiger partial charge in [-0.1, -0.05) is 6.92 Å². The minimum Gasteiger partial charge on any atom is -0.380 e. The molecule has 0 aliphatic heterocycles. The Labute approximate surface area is 101 Å². The van der Waals surface area contributed by atoms with Gasteiger partial charge < -0.3 is 15.0 Å². The lowest BCUT2D eigenvalue weighted by Crippen LogP contribution is -2.35. The fraction of sp³-hybridized carbons (Fsp3) is 1.00. The van der Waals surface area contributed by atoms with E-state index in [1.54, 1.807) is 0 Å². The van der Waals surface area contributed by atoms with Crippen molar-refractivity contribution in [1.82, 2.24) is 10.2 Å². The molecule has 0 spiro atoms. The zero-order chi connectivity index (χ0) is 11.8. The summed E-state index contributed by atoms with van der Waals surface area (Å²) >= 11 is 0. The van der Waals surface area contributed by atoms with Crippen LogP contribution in [0.2, 0.25) is 0 Å². The van der Waals surface area contributed by atoms with E-state index in [0.717, 1.165) is 38.8 Å². The molecule has 1 unspecified atom stereocenters. The first kappa shape index (κ1) is 13.9. The van der Waals surface area contributed by atoms with Gasteiger partial charge in [0, 0.05) is 32.3 Å². The van der Waals surface area contributed by atoms with Gasteiger partial charge in [-0.25, -0.2) is 0 Å². The van der Waals surface area contributed by atoms with Crippen molar-refractivity contribution in [3.8, 4) is 0 Å². The van der Waals surface area contributed by atoms with E-state index in [4.69, 9.17) is 4.74 Å². The third-order valence-corrected chi connectivity index (χ3v) is 3.27. The maximum atomic E-state index is 5.61. The zero-order valence-corrected chi connectivity index (χ0v) is 11.2. The summed E-state index contributed by atoms with van der Waals surface area (Å²) in [6.45, 7) is 9.56. The lowest BCUT2D eigenvalue weighted by molar-refractivity contribution is 0.103. The van der Waals surface area contributed by atoms with Crippen LogP contribution < -0.4 is 5.32 Å². The number of ether oxygens (including phenoxy) is 1. The molecule has 3 nitrogen and oxygen atoms in total. The van der Waals surface area contributed by atoms with Crippen molar-refractivity contribution < 1.29 is 4.74 Å². The van der Waals surface area contributed by atoms with Gasteiger partial charge in [0.2, 0.25) is 0 Å². The fourth-order valence-corrected chi connectivity index (χ4v) is 1.51. The predicted octanol–water partition coefficient (Wildman–Crippen LogP) is 1.73. The maximum Gasteiger partial charge on any atom is 0.0593 e. The van der Waals surface area contributed by atoms with E-state index in [2.05, 4.69) is 31.1 Å². The molecule has 0 aromatic rings. The highest BCUT2D eigenvalue weighted by Gasteiger charge is 2.20. The van der Waals surface area contributed by atoms with Crippen LogP contribution in [0.15, 0.2) is 0 Å². The maximum absolute atomic E-state index is 5.61. The van der Waals surface area contributed by atoms with Gasteiger partial charge in [-0.05, 0) is 39.2 Å². The topological polar surface area (TPSA) is 24.5 Å². The second-order valence-electron chi connectivity index (χ2n) is 5.08. The molecule has 0 heterocycles. The molecule has 16 heavy (non-hydrogen) atoms. The van der Waals surface area contributed by atoms with E-state index in [1.807, 2.05) is 0 Å². The van der Waals surface area contributed by atoms with Crippen LogP contribution in [0.4, 0.5) is 0 Å². The summed E-state index contributed by atoms with van der Waals surface area (Å²) in [5.41, 5.74) is 0. The lowest BCUT2D eigenvalue weighted by Gasteiger charge is -2.18. The van der Waals surface area contributed by atoms with E-state index in [0.29, 0.717) is 6.04 Å². The van der Waals surface area contributed by atoms with E-state index in [-0.39, 0.29) is 0 Å². The van der Waals surface area contributed by atoms with Crippen molar-refractivity contribution >= 4 is 0 Å². The van der Waals surface area contributed by atoms with Crippen molar-refractivity contribution in [1.29, 1.82) is 0 Å². The molecule has 1 aliphatic rings. The van der Waals surface area contributed by atoms with Crippen LogP contribution in [0.5, 0.6) is 0 Å². The van der Waals surface area contributed by atoms with Gasteiger partial charge in [0.05, 0.1) is 6.61 Å². The van der Waals surface area contributed by atoms with Crippen molar-refractivity contribution in [3.05, 3.63) is 0 Å². The second kappa shape index (κ2) is 8.04. The fourth-order valence-electron chi connectivity index (χ4n) is 1.51. The normalized spacial score (nSPS) is 18.0. The van der Waals surface area contributed by atoms with Crippen molar-refractivity contribution in [2.45, 2.75) is 39.2 Å². The molecule has 1 saturated carbocycles. The molecule has 0 amide bonds. The molecule has 1 N–H and O–H groups in total. The van der Waals surface area contributed by atoms with E-state index < -0.39 is 0 Å². The van der Waals surface area contributed by atoms with Gasteiger partial charge in [0.15, 0.2) is 0 Å². The predicted molar refractivity (Wildman–Crippen MR) is 68.8 cm³/mol. The third-order valence-electron chi connectivity index (χ3n) is 3.27. The molecule has 0 aromatic heterocycles. The van der Waals surface area contributed by atoms with Crippen LogP contribution in [0.25, 0.3) is 0 Å². The van der Waals surface area contributed by atoms with Crippen LogP contribution in [-0.4, -0.2) is 50.8 Å². The first-order valence-electron chi connectivity index (χ1n) is 6.72.